The van der Waals surface area contributed by atoms with Crippen LogP contribution in [0.5, 0.6) is 0 Å². The van der Waals surface area contributed by atoms with Gasteiger partial charge in [0.25, 0.3) is 0 Å². The van der Waals surface area contributed by atoms with E-state index in [0.717, 1.165) is 24.6 Å². The highest BCUT2D eigenvalue weighted by atomic mass is 35.5. The van der Waals surface area contributed by atoms with Crippen molar-refractivity contribution in [3.63, 3.8) is 0 Å². The zero-order valence-electron chi connectivity index (χ0n) is 12.4. The normalized spacial score (nSPS) is 15.9. The van der Waals surface area contributed by atoms with Gasteiger partial charge in [-0.1, -0.05) is 18.5 Å². The average molecular weight is 349 g/mol. The van der Waals surface area contributed by atoms with Crippen molar-refractivity contribution in [2.24, 2.45) is 5.41 Å². The molecule has 126 valence electrons. The summed E-state index contributed by atoms with van der Waals surface area (Å²) < 4.78 is 38.2. The maximum Gasteiger partial charge on any atom is 0.416 e. The molecule has 0 spiro atoms. The monoisotopic (exact) mass is 348 g/mol. The first kappa shape index (κ1) is 17.6. The molecule has 8 heteroatoms. The Morgan fingerprint density at radius 2 is 1.91 bits per heavy atom. The van der Waals surface area contributed by atoms with Gasteiger partial charge in [0.1, 0.15) is 5.41 Å². The number of alkyl halides is 3. The van der Waals surface area contributed by atoms with Crippen molar-refractivity contribution in [2.75, 3.05) is 11.9 Å². The van der Waals surface area contributed by atoms with Gasteiger partial charge in [-0.25, -0.2) is 0 Å². The summed E-state index contributed by atoms with van der Waals surface area (Å²) in [6.45, 7) is 2.32. The Kier molecular flexibility index (Phi) is 4.89. The number of rotatable bonds is 5. The molecular formula is C15H16ClF3N2O2. The summed E-state index contributed by atoms with van der Waals surface area (Å²) in [6, 6.07) is 2.66. The molecular weight excluding hydrogens is 333 g/mol. The van der Waals surface area contributed by atoms with E-state index in [-0.39, 0.29) is 10.7 Å². The third-order valence-corrected chi connectivity index (χ3v) is 4.03. The molecule has 1 fully saturated rings. The molecule has 0 bridgehead atoms. The number of hydrogen-bond donors (Lipinski definition) is 2. The summed E-state index contributed by atoms with van der Waals surface area (Å²) in [7, 11) is 0. The quantitative estimate of drug-likeness (QED) is 0.799. The van der Waals surface area contributed by atoms with Crippen LogP contribution >= 0.6 is 11.6 Å². The Hall–Kier alpha value is -1.76. The van der Waals surface area contributed by atoms with Crippen LogP contribution in [0.15, 0.2) is 18.2 Å². The number of hydrogen-bond acceptors (Lipinski definition) is 2. The van der Waals surface area contributed by atoms with Crippen molar-refractivity contribution in [3.8, 4) is 0 Å². The lowest BCUT2D eigenvalue weighted by Crippen LogP contribution is -2.40. The second kappa shape index (κ2) is 6.39. The van der Waals surface area contributed by atoms with Gasteiger partial charge in [0.15, 0.2) is 0 Å². The van der Waals surface area contributed by atoms with Gasteiger partial charge in [-0.05, 0) is 37.5 Å². The molecule has 0 radical (unpaired) electrons. The van der Waals surface area contributed by atoms with Crippen molar-refractivity contribution >= 4 is 29.1 Å². The van der Waals surface area contributed by atoms with Crippen LogP contribution in [-0.4, -0.2) is 18.4 Å². The molecule has 2 amide bonds. The van der Waals surface area contributed by atoms with Crippen LogP contribution in [0, 0.1) is 5.41 Å². The molecule has 0 aliphatic heterocycles. The van der Waals surface area contributed by atoms with Crippen LogP contribution < -0.4 is 10.6 Å². The van der Waals surface area contributed by atoms with E-state index in [0.29, 0.717) is 19.4 Å². The third kappa shape index (κ3) is 3.77. The topological polar surface area (TPSA) is 58.2 Å². The molecule has 0 saturated heterocycles. The summed E-state index contributed by atoms with van der Waals surface area (Å²) >= 11 is 5.84. The van der Waals surface area contributed by atoms with E-state index >= 15 is 0 Å². The van der Waals surface area contributed by atoms with E-state index in [9.17, 15) is 22.8 Å². The van der Waals surface area contributed by atoms with Gasteiger partial charge in [0.05, 0.1) is 16.3 Å². The zero-order chi connectivity index (χ0) is 17.3. The summed E-state index contributed by atoms with van der Waals surface area (Å²) in [5.41, 5.74) is -2.27. The molecule has 0 aromatic heterocycles. The molecule has 1 aliphatic carbocycles. The van der Waals surface area contributed by atoms with E-state index in [1.165, 1.54) is 0 Å². The number of carbonyl (C=O) groups is 2. The van der Waals surface area contributed by atoms with Crippen LogP contribution in [0.2, 0.25) is 5.02 Å². The molecule has 1 aromatic carbocycles. The molecule has 0 heterocycles. The van der Waals surface area contributed by atoms with Gasteiger partial charge < -0.3 is 10.6 Å². The highest BCUT2D eigenvalue weighted by molar-refractivity contribution is 6.34. The molecule has 1 saturated carbocycles. The summed E-state index contributed by atoms with van der Waals surface area (Å²) in [5, 5.41) is 4.97. The molecule has 0 atom stereocenters. The van der Waals surface area contributed by atoms with Gasteiger partial charge in [-0.3, -0.25) is 9.59 Å². The first-order valence-corrected chi connectivity index (χ1v) is 7.55. The third-order valence-electron chi connectivity index (χ3n) is 3.70. The highest BCUT2D eigenvalue weighted by Gasteiger charge is 2.56. The van der Waals surface area contributed by atoms with Gasteiger partial charge >= 0.3 is 6.18 Å². The number of amides is 2. The summed E-state index contributed by atoms with van der Waals surface area (Å²) in [6.07, 6.45) is -3.08. The van der Waals surface area contributed by atoms with E-state index in [4.69, 9.17) is 11.6 Å². The van der Waals surface area contributed by atoms with Gasteiger partial charge in [-0.15, -0.1) is 0 Å². The van der Waals surface area contributed by atoms with Gasteiger partial charge in [-0.2, -0.15) is 13.2 Å². The van der Waals surface area contributed by atoms with Gasteiger partial charge in [0, 0.05) is 6.54 Å². The lowest BCUT2D eigenvalue weighted by molar-refractivity contribution is -0.138. The van der Waals surface area contributed by atoms with Crippen molar-refractivity contribution in [1.82, 2.24) is 5.32 Å². The van der Waals surface area contributed by atoms with Crippen LogP contribution in [-0.2, 0) is 15.8 Å². The molecule has 1 aliphatic rings. The molecule has 1 aromatic rings. The molecule has 2 N–H and O–H groups in total. The average Bonchev–Trinajstić information content (AvgIpc) is 3.27. The highest BCUT2D eigenvalue weighted by Crippen LogP contribution is 2.47. The first-order valence-electron chi connectivity index (χ1n) is 7.17. The Bertz CT molecular complexity index is 628. The number of anilines is 1. The molecule has 4 nitrogen and oxygen atoms in total. The summed E-state index contributed by atoms with van der Waals surface area (Å²) in [5.74, 6) is -1.03. The summed E-state index contributed by atoms with van der Waals surface area (Å²) in [4.78, 5) is 24.3. The van der Waals surface area contributed by atoms with E-state index < -0.39 is 29.0 Å². The van der Waals surface area contributed by atoms with Gasteiger partial charge in [0.2, 0.25) is 11.8 Å². The fourth-order valence-electron chi connectivity index (χ4n) is 2.13. The standard InChI is InChI=1S/C15H16ClF3N2O2/c1-2-7-20-12(22)14(5-6-14)13(23)21-11-8-9(15(17,18)19)3-4-10(11)16/h3-4,8H,2,5-7H2,1H3,(H,20,22)(H,21,23). The minimum atomic E-state index is -4.54. The molecule has 23 heavy (non-hydrogen) atoms. The lowest BCUT2D eigenvalue weighted by atomic mass is 10.0. The first-order chi connectivity index (χ1) is 10.7. The smallest absolute Gasteiger partial charge is 0.355 e. The fourth-order valence-corrected chi connectivity index (χ4v) is 2.29. The van der Waals surface area contributed by atoms with Crippen molar-refractivity contribution in [2.45, 2.75) is 32.4 Å². The fraction of sp³-hybridized carbons (Fsp3) is 0.467. The van der Waals surface area contributed by atoms with Crippen molar-refractivity contribution < 1.29 is 22.8 Å². The van der Waals surface area contributed by atoms with Crippen LogP contribution in [0.25, 0.3) is 0 Å². The van der Waals surface area contributed by atoms with Crippen LogP contribution in [0.4, 0.5) is 18.9 Å². The maximum absolute atomic E-state index is 12.7. The maximum atomic E-state index is 12.7. The minimum Gasteiger partial charge on any atom is -0.355 e. The zero-order valence-corrected chi connectivity index (χ0v) is 13.1. The molecule has 0 unspecified atom stereocenters. The second-order valence-electron chi connectivity index (χ2n) is 5.48. The Morgan fingerprint density at radius 3 is 2.43 bits per heavy atom. The van der Waals surface area contributed by atoms with Crippen molar-refractivity contribution in [3.05, 3.63) is 28.8 Å². The van der Waals surface area contributed by atoms with Crippen LogP contribution in [0.1, 0.15) is 31.7 Å². The minimum absolute atomic E-state index is 0.0175. The predicted molar refractivity (Wildman–Crippen MR) is 80.1 cm³/mol. The molecule has 2 rings (SSSR count). The van der Waals surface area contributed by atoms with E-state index in [1.807, 2.05) is 6.92 Å². The van der Waals surface area contributed by atoms with Crippen molar-refractivity contribution in [1.29, 1.82) is 0 Å². The Balaban J connectivity index is 2.16. The predicted octanol–water partition coefficient (Wildman–Crippen LogP) is 3.60. The van der Waals surface area contributed by atoms with E-state index in [2.05, 4.69) is 10.6 Å². The number of benzene rings is 1. The Morgan fingerprint density at radius 1 is 1.26 bits per heavy atom. The number of nitrogens with one attached hydrogen (secondary N) is 2. The largest absolute Gasteiger partial charge is 0.416 e. The Labute approximate surface area is 136 Å². The van der Waals surface area contributed by atoms with Crippen LogP contribution in [0.3, 0.4) is 0 Å². The SMILES string of the molecule is CCCNC(=O)C1(C(=O)Nc2cc(C(F)(F)F)ccc2Cl)CC1. The number of halogens is 4. The number of carbonyl (C=O) groups excluding carboxylic acids is 2. The second-order valence-corrected chi connectivity index (χ2v) is 5.89. The lowest BCUT2D eigenvalue weighted by Gasteiger charge is -2.17. The van der Waals surface area contributed by atoms with E-state index in [1.54, 1.807) is 0 Å².